The molecule has 4 heteroatoms. The van der Waals surface area contributed by atoms with E-state index in [4.69, 9.17) is 5.11 Å². The van der Waals surface area contributed by atoms with Crippen LogP contribution >= 0.6 is 0 Å². The van der Waals surface area contributed by atoms with Gasteiger partial charge in [0.15, 0.2) is 0 Å². The number of carbonyl (C=O) groups is 1. The van der Waals surface area contributed by atoms with Crippen LogP contribution in [0.5, 0.6) is 0 Å². The molecule has 0 aliphatic rings. The molecular formula is C10H12N2O2. The molecule has 0 amide bonds. The van der Waals surface area contributed by atoms with Gasteiger partial charge in [-0.05, 0) is 6.07 Å². The third-order valence-corrected chi connectivity index (χ3v) is 1.86. The SMILES string of the molecule is C=C(C(=O)O)c1cnccc1N(C)C. The summed E-state index contributed by atoms with van der Waals surface area (Å²) in [6, 6.07) is 1.75. The van der Waals surface area contributed by atoms with Gasteiger partial charge in [-0.15, -0.1) is 0 Å². The Labute approximate surface area is 82.5 Å². The number of aliphatic carboxylic acids is 1. The molecule has 1 rings (SSSR count). The highest BCUT2D eigenvalue weighted by Gasteiger charge is 2.12. The molecule has 0 aromatic carbocycles. The van der Waals surface area contributed by atoms with E-state index in [1.807, 2.05) is 19.0 Å². The van der Waals surface area contributed by atoms with Gasteiger partial charge in [-0.1, -0.05) is 6.58 Å². The van der Waals surface area contributed by atoms with Crippen LogP contribution < -0.4 is 4.90 Å². The fourth-order valence-corrected chi connectivity index (χ4v) is 1.12. The van der Waals surface area contributed by atoms with Crippen LogP contribution in [0.1, 0.15) is 5.56 Å². The molecule has 0 atom stereocenters. The second kappa shape index (κ2) is 3.91. The lowest BCUT2D eigenvalue weighted by atomic mass is 10.1. The van der Waals surface area contributed by atoms with Gasteiger partial charge in [-0.3, -0.25) is 4.98 Å². The molecule has 14 heavy (non-hydrogen) atoms. The molecule has 0 saturated heterocycles. The highest BCUT2D eigenvalue weighted by atomic mass is 16.4. The van der Waals surface area contributed by atoms with Gasteiger partial charge in [0, 0.05) is 37.7 Å². The number of pyridine rings is 1. The van der Waals surface area contributed by atoms with E-state index >= 15 is 0 Å². The quantitative estimate of drug-likeness (QED) is 0.732. The van der Waals surface area contributed by atoms with E-state index < -0.39 is 5.97 Å². The zero-order chi connectivity index (χ0) is 10.7. The molecule has 0 unspecified atom stereocenters. The standard InChI is InChI=1S/C10H12N2O2/c1-7(10(13)14)8-6-11-5-4-9(8)12(2)3/h4-6H,1H2,2-3H3,(H,13,14). The van der Waals surface area contributed by atoms with E-state index in [2.05, 4.69) is 11.6 Å². The van der Waals surface area contributed by atoms with E-state index in [1.165, 1.54) is 6.20 Å². The molecule has 0 saturated carbocycles. The molecule has 1 aromatic heterocycles. The molecule has 0 fully saturated rings. The first-order chi connectivity index (χ1) is 6.54. The van der Waals surface area contributed by atoms with Gasteiger partial charge in [0.25, 0.3) is 0 Å². The van der Waals surface area contributed by atoms with E-state index in [9.17, 15) is 4.79 Å². The lowest BCUT2D eigenvalue weighted by molar-refractivity contribution is -0.130. The van der Waals surface area contributed by atoms with Crippen LogP contribution in [-0.4, -0.2) is 30.2 Å². The van der Waals surface area contributed by atoms with Crippen molar-refractivity contribution in [3.05, 3.63) is 30.6 Å². The van der Waals surface area contributed by atoms with Crippen molar-refractivity contribution in [1.82, 2.24) is 4.98 Å². The molecule has 1 N–H and O–H groups in total. The molecule has 1 aromatic rings. The van der Waals surface area contributed by atoms with Crippen LogP contribution in [0.4, 0.5) is 5.69 Å². The highest BCUT2D eigenvalue weighted by Crippen LogP contribution is 2.23. The lowest BCUT2D eigenvalue weighted by Crippen LogP contribution is -2.12. The summed E-state index contributed by atoms with van der Waals surface area (Å²) in [6.45, 7) is 3.50. The van der Waals surface area contributed by atoms with Crippen molar-refractivity contribution in [2.75, 3.05) is 19.0 Å². The Morgan fingerprint density at radius 2 is 2.21 bits per heavy atom. The number of aromatic nitrogens is 1. The minimum atomic E-state index is -1.03. The van der Waals surface area contributed by atoms with Crippen molar-refractivity contribution in [2.24, 2.45) is 0 Å². The van der Waals surface area contributed by atoms with Gasteiger partial charge in [-0.25, -0.2) is 4.79 Å². The summed E-state index contributed by atoms with van der Waals surface area (Å²) in [4.78, 5) is 16.4. The van der Waals surface area contributed by atoms with Crippen molar-refractivity contribution in [1.29, 1.82) is 0 Å². The third-order valence-electron chi connectivity index (χ3n) is 1.86. The van der Waals surface area contributed by atoms with Gasteiger partial charge < -0.3 is 10.0 Å². The second-order valence-corrected chi connectivity index (χ2v) is 3.07. The summed E-state index contributed by atoms with van der Waals surface area (Å²) >= 11 is 0. The summed E-state index contributed by atoms with van der Waals surface area (Å²) in [5.74, 6) is -1.03. The molecule has 4 nitrogen and oxygen atoms in total. The van der Waals surface area contributed by atoms with Gasteiger partial charge in [0.1, 0.15) is 0 Å². The van der Waals surface area contributed by atoms with E-state index in [1.54, 1.807) is 12.3 Å². The summed E-state index contributed by atoms with van der Waals surface area (Å²) < 4.78 is 0. The first-order valence-corrected chi connectivity index (χ1v) is 4.08. The van der Waals surface area contributed by atoms with Crippen LogP contribution in [0.15, 0.2) is 25.0 Å². The number of hydrogen-bond donors (Lipinski definition) is 1. The first kappa shape index (κ1) is 10.2. The maximum absolute atomic E-state index is 10.7. The molecule has 0 radical (unpaired) electrons. The average Bonchev–Trinajstić information content (AvgIpc) is 2.16. The predicted octanol–water partition coefficient (Wildman–Crippen LogP) is 1.25. The van der Waals surface area contributed by atoms with Crippen LogP contribution in [0.2, 0.25) is 0 Å². The Kier molecular flexibility index (Phi) is 2.86. The van der Waals surface area contributed by atoms with Crippen LogP contribution in [0, 0.1) is 0 Å². The molecule has 0 spiro atoms. The first-order valence-electron chi connectivity index (χ1n) is 4.08. The van der Waals surface area contributed by atoms with Gasteiger partial charge >= 0.3 is 5.97 Å². The van der Waals surface area contributed by atoms with Crippen molar-refractivity contribution in [3.8, 4) is 0 Å². The molecule has 1 heterocycles. The molecular weight excluding hydrogens is 180 g/mol. The van der Waals surface area contributed by atoms with Gasteiger partial charge in [-0.2, -0.15) is 0 Å². The Morgan fingerprint density at radius 1 is 1.57 bits per heavy atom. The van der Waals surface area contributed by atoms with Crippen molar-refractivity contribution >= 4 is 17.2 Å². The summed E-state index contributed by atoms with van der Waals surface area (Å²) in [5, 5.41) is 8.80. The zero-order valence-corrected chi connectivity index (χ0v) is 8.19. The smallest absolute Gasteiger partial charge is 0.335 e. The number of carboxylic acids is 1. The number of nitrogens with zero attached hydrogens (tertiary/aromatic N) is 2. The summed E-state index contributed by atoms with van der Waals surface area (Å²) in [7, 11) is 3.68. The van der Waals surface area contributed by atoms with Crippen LogP contribution in [0.3, 0.4) is 0 Å². The highest BCUT2D eigenvalue weighted by molar-refractivity contribution is 6.16. The Hall–Kier alpha value is -1.84. The fourth-order valence-electron chi connectivity index (χ4n) is 1.12. The minimum Gasteiger partial charge on any atom is -0.478 e. The average molecular weight is 192 g/mol. The van der Waals surface area contributed by atoms with E-state index in [0.717, 1.165) is 5.69 Å². The second-order valence-electron chi connectivity index (χ2n) is 3.07. The predicted molar refractivity (Wildman–Crippen MR) is 55.2 cm³/mol. The maximum atomic E-state index is 10.7. The van der Waals surface area contributed by atoms with E-state index in [0.29, 0.717) is 5.56 Å². The zero-order valence-electron chi connectivity index (χ0n) is 8.19. The normalized spacial score (nSPS) is 9.57. The Morgan fingerprint density at radius 3 is 2.71 bits per heavy atom. The Bertz CT molecular complexity index is 372. The fraction of sp³-hybridized carbons (Fsp3) is 0.200. The van der Waals surface area contributed by atoms with Crippen LogP contribution in [-0.2, 0) is 4.79 Å². The molecule has 74 valence electrons. The van der Waals surface area contributed by atoms with Crippen molar-refractivity contribution in [2.45, 2.75) is 0 Å². The number of hydrogen-bond acceptors (Lipinski definition) is 3. The number of rotatable bonds is 3. The number of carboxylic acid groups (broad SMARTS) is 1. The lowest BCUT2D eigenvalue weighted by Gasteiger charge is -2.16. The monoisotopic (exact) mass is 192 g/mol. The summed E-state index contributed by atoms with van der Waals surface area (Å²) in [6.07, 6.45) is 3.12. The largest absolute Gasteiger partial charge is 0.478 e. The minimum absolute atomic E-state index is 0.0572. The maximum Gasteiger partial charge on any atom is 0.335 e. The van der Waals surface area contributed by atoms with Gasteiger partial charge in [0.05, 0.1) is 5.57 Å². The molecule has 0 aliphatic carbocycles. The number of anilines is 1. The summed E-state index contributed by atoms with van der Waals surface area (Å²) in [5.41, 5.74) is 1.40. The van der Waals surface area contributed by atoms with Gasteiger partial charge in [0.2, 0.25) is 0 Å². The molecule has 0 aliphatic heterocycles. The van der Waals surface area contributed by atoms with Crippen molar-refractivity contribution < 1.29 is 9.90 Å². The Balaban J connectivity index is 3.20. The van der Waals surface area contributed by atoms with Crippen LogP contribution in [0.25, 0.3) is 5.57 Å². The topological polar surface area (TPSA) is 53.4 Å². The van der Waals surface area contributed by atoms with Crippen molar-refractivity contribution in [3.63, 3.8) is 0 Å². The van der Waals surface area contributed by atoms with E-state index in [-0.39, 0.29) is 5.57 Å². The third kappa shape index (κ3) is 1.90. The molecule has 0 bridgehead atoms.